The molecule has 0 aromatic heterocycles. The maximum Gasteiger partial charge on any atom is 0.307 e. The first-order valence-corrected chi connectivity index (χ1v) is 5.81. The van der Waals surface area contributed by atoms with E-state index in [9.17, 15) is 4.79 Å². The predicted molar refractivity (Wildman–Crippen MR) is 60.6 cm³/mol. The third-order valence-corrected chi connectivity index (χ3v) is 3.01. The van der Waals surface area contributed by atoms with Gasteiger partial charge in [-0.3, -0.25) is 4.79 Å². The molecule has 3 nitrogen and oxygen atoms in total. The first-order chi connectivity index (χ1) is 7.15. The van der Waals surface area contributed by atoms with Crippen molar-refractivity contribution in [2.24, 2.45) is 5.73 Å². The molecule has 0 saturated heterocycles. The van der Waals surface area contributed by atoms with E-state index in [-0.39, 0.29) is 18.4 Å². The molecule has 86 valence electrons. The summed E-state index contributed by atoms with van der Waals surface area (Å²) in [6, 6.07) is -0.267. The van der Waals surface area contributed by atoms with Crippen molar-refractivity contribution in [3.05, 3.63) is 10.6 Å². The van der Waals surface area contributed by atoms with Gasteiger partial charge in [-0.25, -0.2) is 0 Å². The first-order valence-electron chi connectivity index (χ1n) is 5.43. The summed E-state index contributed by atoms with van der Waals surface area (Å²) in [6.07, 6.45) is 4.28. The van der Waals surface area contributed by atoms with E-state index in [2.05, 4.69) is 0 Å². The molecule has 0 radical (unpaired) electrons. The highest BCUT2D eigenvalue weighted by atomic mass is 35.5. The van der Waals surface area contributed by atoms with Crippen molar-refractivity contribution in [1.82, 2.24) is 0 Å². The second kappa shape index (κ2) is 6.13. The summed E-state index contributed by atoms with van der Waals surface area (Å²) in [6.45, 7) is 2.19. The number of ether oxygens (including phenoxy) is 1. The van der Waals surface area contributed by atoms with Crippen LogP contribution in [0.15, 0.2) is 10.6 Å². The van der Waals surface area contributed by atoms with Gasteiger partial charge in [0, 0.05) is 11.1 Å². The van der Waals surface area contributed by atoms with Crippen LogP contribution < -0.4 is 5.73 Å². The fourth-order valence-corrected chi connectivity index (χ4v) is 2.17. The molecule has 1 aliphatic rings. The Morgan fingerprint density at radius 2 is 2.20 bits per heavy atom. The molecule has 0 aromatic rings. The molecule has 15 heavy (non-hydrogen) atoms. The van der Waals surface area contributed by atoms with Crippen molar-refractivity contribution in [3.8, 4) is 0 Å². The van der Waals surface area contributed by atoms with Crippen molar-refractivity contribution >= 4 is 17.6 Å². The van der Waals surface area contributed by atoms with Gasteiger partial charge in [-0.15, -0.1) is 0 Å². The molecule has 1 aliphatic carbocycles. The van der Waals surface area contributed by atoms with Crippen LogP contribution in [0.5, 0.6) is 0 Å². The van der Waals surface area contributed by atoms with E-state index in [1.165, 1.54) is 0 Å². The van der Waals surface area contributed by atoms with Gasteiger partial charge in [0.2, 0.25) is 0 Å². The quantitative estimate of drug-likeness (QED) is 0.756. The highest BCUT2D eigenvalue weighted by molar-refractivity contribution is 6.30. The largest absolute Gasteiger partial charge is 0.466 e. The number of carbonyl (C=O) groups is 1. The van der Waals surface area contributed by atoms with Crippen LogP contribution in [0.4, 0.5) is 0 Å². The van der Waals surface area contributed by atoms with Gasteiger partial charge in [-0.2, -0.15) is 0 Å². The topological polar surface area (TPSA) is 52.3 Å². The minimum atomic E-state index is -0.267. The van der Waals surface area contributed by atoms with E-state index in [1.807, 2.05) is 0 Å². The van der Waals surface area contributed by atoms with Crippen LogP contribution in [0.25, 0.3) is 0 Å². The zero-order valence-corrected chi connectivity index (χ0v) is 9.85. The van der Waals surface area contributed by atoms with Gasteiger partial charge in [0.25, 0.3) is 0 Å². The number of carbonyl (C=O) groups excluding carboxylic acids is 1. The van der Waals surface area contributed by atoms with Gasteiger partial charge < -0.3 is 10.5 Å². The van der Waals surface area contributed by atoms with Gasteiger partial charge in [0.15, 0.2) is 0 Å². The highest BCUT2D eigenvalue weighted by Gasteiger charge is 2.20. The number of nitrogens with two attached hydrogens (primary N) is 1. The Morgan fingerprint density at radius 1 is 1.53 bits per heavy atom. The Morgan fingerprint density at radius 3 is 2.80 bits per heavy atom. The normalized spacial score (nSPS) is 18.9. The Bertz CT molecular complexity index is 263. The molecular weight excluding hydrogens is 214 g/mol. The van der Waals surface area contributed by atoms with Gasteiger partial charge >= 0.3 is 5.97 Å². The summed E-state index contributed by atoms with van der Waals surface area (Å²) in [7, 11) is 0. The fourth-order valence-electron chi connectivity index (χ4n) is 1.80. The molecule has 0 spiro atoms. The van der Waals surface area contributed by atoms with E-state index < -0.39 is 0 Å². The summed E-state index contributed by atoms with van der Waals surface area (Å²) in [4.78, 5) is 11.2. The minimum Gasteiger partial charge on any atom is -0.466 e. The molecular formula is C11H18ClNO2. The monoisotopic (exact) mass is 231 g/mol. The second-order valence-corrected chi connectivity index (χ2v) is 4.21. The lowest BCUT2D eigenvalue weighted by Crippen LogP contribution is -2.28. The van der Waals surface area contributed by atoms with Crippen LogP contribution in [0.3, 0.4) is 0 Å². The standard InChI is InChI=1S/C11H18ClNO2/c1-2-15-11(14)7-10(13)8-5-3-4-6-9(8)12/h10H,2-7,13H2,1H3. The van der Waals surface area contributed by atoms with E-state index >= 15 is 0 Å². The fraction of sp³-hybridized carbons (Fsp3) is 0.727. The summed E-state index contributed by atoms with van der Waals surface area (Å²) < 4.78 is 4.85. The van der Waals surface area contributed by atoms with Crippen LogP contribution >= 0.6 is 11.6 Å². The molecule has 0 aliphatic heterocycles. The van der Waals surface area contributed by atoms with Gasteiger partial charge in [-0.05, 0) is 38.2 Å². The van der Waals surface area contributed by atoms with Crippen molar-refractivity contribution in [2.75, 3.05) is 6.61 Å². The number of hydrogen-bond donors (Lipinski definition) is 1. The molecule has 0 amide bonds. The average Bonchev–Trinajstić information content (AvgIpc) is 2.18. The zero-order chi connectivity index (χ0) is 11.3. The van der Waals surface area contributed by atoms with Crippen molar-refractivity contribution in [3.63, 3.8) is 0 Å². The molecule has 0 saturated carbocycles. The molecule has 0 heterocycles. The van der Waals surface area contributed by atoms with E-state index in [0.717, 1.165) is 36.3 Å². The van der Waals surface area contributed by atoms with Crippen molar-refractivity contribution < 1.29 is 9.53 Å². The summed E-state index contributed by atoms with van der Waals surface area (Å²) in [5.74, 6) is -0.243. The lowest BCUT2D eigenvalue weighted by molar-refractivity contribution is -0.143. The van der Waals surface area contributed by atoms with Crippen LogP contribution in [-0.4, -0.2) is 18.6 Å². The van der Waals surface area contributed by atoms with Gasteiger partial charge in [-0.1, -0.05) is 11.6 Å². The average molecular weight is 232 g/mol. The minimum absolute atomic E-state index is 0.236. The first kappa shape index (κ1) is 12.5. The third-order valence-electron chi connectivity index (χ3n) is 2.58. The maximum absolute atomic E-state index is 11.2. The maximum atomic E-state index is 11.2. The summed E-state index contributed by atoms with van der Waals surface area (Å²) in [5, 5.41) is 0.845. The van der Waals surface area contributed by atoms with Crippen molar-refractivity contribution in [2.45, 2.75) is 45.1 Å². The Labute approximate surface area is 95.6 Å². The molecule has 1 rings (SSSR count). The molecule has 0 fully saturated rings. The van der Waals surface area contributed by atoms with Crippen LogP contribution in [0.2, 0.25) is 0 Å². The molecule has 0 bridgehead atoms. The molecule has 1 atom stereocenters. The summed E-state index contributed by atoms with van der Waals surface area (Å²) in [5.41, 5.74) is 6.96. The lowest BCUT2D eigenvalue weighted by atomic mass is 9.92. The van der Waals surface area contributed by atoms with Crippen LogP contribution in [0, 0.1) is 0 Å². The molecule has 1 unspecified atom stereocenters. The number of allylic oxidation sites excluding steroid dienone is 1. The number of rotatable bonds is 4. The second-order valence-electron chi connectivity index (χ2n) is 3.75. The summed E-state index contributed by atoms with van der Waals surface area (Å²) >= 11 is 6.09. The third kappa shape index (κ3) is 3.84. The Hall–Kier alpha value is -0.540. The van der Waals surface area contributed by atoms with Crippen LogP contribution in [-0.2, 0) is 9.53 Å². The smallest absolute Gasteiger partial charge is 0.307 e. The molecule has 4 heteroatoms. The predicted octanol–water partition coefficient (Wildman–Crippen LogP) is 2.33. The number of hydrogen-bond acceptors (Lipinski definition) is 3. The number of esters is 1. The molecule has 0 aromatic carbocycles. The van der Waals surface area contributed by atoms with Gasteiger partial charge in [0.1, 0.15) is 0 Å². The Balaban J connectivity index is 2.52. The van der Waals surface area contributed by atoms with Crippen LogP contribution in [0.1, 0.15) is 39.0 Å². The SMILES string of the molecule is CCOC(=O)CC(N)C1=C(Cl)CCCC1. The Kier molecular flexibility index (Phi) is 5.12. The lowest BCUT2D eigenvalue weighted by Gasteiger charge is -2.21. The zero-order valence-electron chi connectivity index (χ0n) is 9.09. The number of halogens is 1. The van der Waals surface area contributed by atoms with E-state index in [0.29, 0.717) is 6.61 Å². The van der Waals surface area contributed by atoms with Gasteiger partial charge in [0.05, 0.1) is 13.0 Å². The highest BCUT2D eigenvalue weighted by Crippen LogP contribution is 2.29. The van der Waals surface area contributed by atoms with E-state index in [1.54, 1.807) is 6.92 Å². The molecule has 2 N–H and O–H groups in total. The van der Waals surface area contributed by atoms with Crippen molar-refractivity contribution in [1.29, 1.82) is 0 Å². The van der Waals surface area contributed by atoms with E-state index in [4.69, 9.17) is 22.1 Å².